The van der Waals surface area contributed by atoms with Crippen molar-refractivity contribution >= 4 is 11.6 Å². The second-order valence-corrected chi connectivity index (χ2v) is 4.10. The quantitative estimate of drug-likeness (QED) is 0.911. The highest BCUT2D eigenvalue weighted by atomic mass is 35.5. The van der Waals surface area contributed by atoms with Crippen LogP contribution in [-0.4, -0.2) is 22.0 Å². The van der Waals surface area contributed by atoms with E-state index < -0.39 is 6.10 Å². The highest BCUT2D eigenvalue weighted by Crippen LogP contribution is 2.31. The average molecular weight is 253 g/mol. The molecule has 0 bridgehead atoms. The monoisotopic (exact) mass is 252 g/mol. The second kappa shape index (κ2) is 4.77. The Morgan fingerprint density at radius 2 is 2.18 bits per heavy atom. The fourth-order valence-corrected chi connectivity index (χ4v) is 1.91. The number of nitrogens with zero attached hydrogens (tertiary/aromatic N) is 2. The predicted molar refractivity (Wildman–Crippen MR) is 65.3 cm³/mol. The van der Waals surface area contributed by atoms with E-state index in [1.807, 2.05) is 0 Å². The molecule has 2 aromatic rings. The Balaban J connectivity index is 2.46. The maximum absolute atomic E-state index is 10.3. The van der Waals surface area contributed by atoms with Crippen molar-refractivity contribution in [3.05, 3.63) is 46.7 Å². The van der Waals surface area contributed by atoms with Gasteiger partial charge in [0, 0.05) is 23.8 Å². The van der Waals surface area contributed by atoms with Gasteiger partial charge in [0.05, 0.1) is 12.8 Å². The number of aliphatic hydroxyl groups excluding tert-OH is 1. The van der Waals surface area contributed by atoms with Gasteiger partial charge in [-0.2, -0.15) is 5.10 Å². The number of aryl methyl sites for hydroxylation is 1. The molecule has 0 fully saturated rings. The molecule has 0 aliphatic rings. The fraction of sp³-hybridized carbons (Fsp3) is 0.250. The largest absolute Gasteiger partial charge is 0.496 e. The maximum Gasteiger partial charge on any atom is 0.125 e. The van der Waals surface area contributed by atoms with Crippen molar-refractivity contribution in [2.75, 3.05) is 7.11 Å². The molecule has 90 valence electrons. The Bertz CT molecular complexity index is 525. The zero-order valence-corrected chi connectivity index (χ0v) is 10.3. The third-order valence-electron chi connectivity index (χ3n) is 2.63. The van der Waals surface area contributed by atoms with Crippen molar-refractivity contribution in [2.24, 2.45) is 7.05 Å². The Kier molecular flexibility index (Phi) is 3.36. The molecule has 0 radical (unpaired) electrons. The van der Waals surface area contributed by atoms with Crippen LogP contribution in [0.2, 0.25) is 5.02 Å². The molecule has 2 rings (SSSR count). The molecule has 0 spiro atoms. The summed E-state index contributed by atoms with van der Waals surface area (Å²) < 4.78 is 6.83. The minimum absolute atomic E-state index is 0.557. The number of halogens is 1. The minimum Gasteiger partial charge on any atom is -0.496 e. The number of rotatable bonds is 3. The number of aliphatic hydroxyl groups is 1. The first kappa shape index (κ1) is 12.0. The van der Waals surface area contributed by atoms with Crippen LogP contribution in [0.25, 0.3) is 0 Å². The van der Waals surface area contributed by atoms with Crippen LogP contribution in [0.3, 0.4) is 0 Å². The van der Waals surface area contributed by atoms with E-state index in [4.69, 9.17) is 16.3 Å². The first-order valence-electron chi connectivity index (χ1n) is 5.13. The Morgan fingerprint density at radius 3 is 2.76 bits per heavy atom. The molecule has 1 heterocycles. The summed E-state index contributed by atoms with van der Waals surface area (Å²) in [6.45, 7) is 0. The highest BCUT2D eigenvalue weighted by molar-refractivity contribution is 6.30. The standard InChI is InChI=1S/C12H13ClN2O2/c1-15-10(5-6-14-15)12(16)9-7-8(13)3-4-11(9)17-2/h3-7,12,16H,1-2H3. The van der Waals surface area contributed by atoms with Gasteiger partial charge >= 0.3 is 0 Å². The lowest BCUT2D eigenvalue weighted by atomic mass is 10.1. The van der Waals surface area contributed by atoms with Gasteiger partial charge in [0.2, 0.25) is 0 Å². The van der Waals surface area contributed by atoms with Crippen LogP contribution in [0.15, 0.2) is 30.5 Å². The SMILES string of the molecule is COc1ccc(Cl)cc1C(O)c1ccnn1C. The molecule has 0 saturated carbocycles. The lowest BCUT2D eigenvalue weighted by molar-refractivity contribution is 0.204. The number of methoxy groups -OCH3 is 1. The van der Waals surface area contributed by atoms with Crippen LogP contribution in [0.5, 0.6) is 5.75 Å². The number of benzene rings is 1. The van der Waals surface area contributed by atoms with Crippen molar-refractivity contribution in [1.29, 1.82) is 0 Å². The summed E-state index contributed by atoms with van der Waals surface area (Å²) in [5.41, 5.74) is 1.31. The highest BCUT2D eigenvalue weighted by Gasteiger charge is 2.18. The lowest BCUT2D eigenvalue weighted by Gasteiger charge is -2.15. The molecule has 17 heavy (non-hydrogen) atoms. The summed E-state index contributed by atoms with van der Waals surface area (Å²) in [6, 6.07) is 6.90. The first-order chi connectivity index (χ1) is 8.13. The first-order valence-corrected chi connectivity index (χ1v) is 5.50. The summed E-state index contributed by atoms with van der Waals surface area (Å²) in [4.78, 5) is 0. The molecule has 1 unspecified atom stereocenters. The van der Waals surface area contributed by atoms with Crippen LogP contribution in [0.1, 0.15) is 17.4 Å². The number of ether oxygens (including phenoxy) is 1. The van der Waals surface area contributed by atoms with Gasteiger partial charge in [0.15, 0.2) is 0 Å². The number of hydrogen-bond donors (Lipinski definition) is 1. The van der Waals surface area contributed by atoms with E-state index in [0.717, 1.165) is 0 Å². The van der Waals surface area contributed by atoms with E-state index >= 15 is 0 Å². The van der Waals surface area contributed by atoms with Gasteiger partial charge < -0.3 is 9.84 Å². The molecule has 0 aliphatic heterocycles. The zero-order chi connectivity index (χ0) is 12.4. The molecule has 0 saturated heterocycles. The Hall–Kier alpha value is -1.52. The van der Waals surface area contributed by atoms with Gasteiger partial charge in [0.1, 0.15) is 11.9 Å². The van der Waals surface area contributed by atoms with Gasteiger partial charge in [-0.25, -0.2) is 0 Å². The third kappa shape index (κ3) is 2.28. The second-order valence-electron chi connectivity index (χ2n) is 3.67. The predicted octanol–water partition coefficient (Wildman–Crippen LogP) is 2.16. The van der Waals surface area contributed by atoms with Gasteiger partial charge in [-0.3, -0.25) is 4.68 Å². The van der Waals surface area contributed by atoms with Crippen LogP contribution >= 0.6 is 11.6 Å². The van der Waals surface area contributed by atoms with Crippen molar-refractivity contribution in [3.8, 4) is 5.75 Å². The van der Waals surface area contributed by atoms with Crippen LogP contribution in [0, 0.1) is 0 Å². The summed E-state index contributed by atoms with van der Waals surface area (Å²) in [5.74, 6) is 0.600. The molecule has 0 aliphatic carbocycles. The van der Waals surface area contributed by atoms with Crippen molar-refractivity contribution in [2.45, 2.75) is 6.10 Å². The van der Waals surface area contributed by atoms with Crippen LogP contribution in [-0.2, 0) is 7.05 Å². The number of aromatic nitrogens is 2. The molecule has 1 N–H and O–H groups in total. The third-order valence-corrected chi connectivity index (χ3v) is 2.86. The Morgan fingerprint density at radius 1 is 1.41 bits per heavy atom. The summed E-state index contributed by atoms with van der Waals surface area (Å²) >= 11 is 5.93. The van der Waals surface area contributed by atoms with E-state index in [9.17, 15) is 5.11 Å². The smallest absolute Gasteiger partial charge is 0.125 e. The molecular formula is C12H13ClN2O2. The molecule has 0 amide bonds. The van der Waals surface area contributed by atoms with Crippen molar-refractivity contribution < 1.29 is 9.84 Å². The van der Waals surface area contributed by atoms with Gasteiger partial charge in [-0.05, 0) is 24.3 Å². The summed E-state index contributed by atoms with van der Waals surface area (Å²) in [6.07, 6.45) is 0.825. The van der Waals surface area contributed by atoms with E-state index in [1.54, 1.807) is 49.3 Å². The van der Waals surface area contributed by atoms with E-state index in [2.05, 4.69) is 5.10 Å². The average Bonchev–Trinajstić information content (AvgIpc) is 2.74. The summed E-state index contributed by atoms with van der Waals surface area (Å²) in [5, 5.41) is 14.9. The lowest BCUT2D eigenvalue weighted by Crippen LogP contribution is -2.08. The molecule has 1 aromatic heterocycles. The van der Waals surface area contributed by atoms with E-state index in [-0.39, 0.29) is 0 Å². The summed E-state index contributed by atoms with van der Waals surface area (Å²) in [7, 11) is 3.33. The fourth-order valence-electron chi connectivity index (χ4n) is 1.73. The van der Waals surface area contributed by atoms with Gasteiger partial charge in [-0.1, -0.05) is 11.6 Å². The molecule has 1 atom stereocenters. The van der Waals surface area contributed by atoms with Crippen LogP contribution in [0.4, 0.5) is 0 Å². The maximum atomic E-state index is 10.3. The molecule has 5 heteroatoms. The van der Waals surface area contributed by atoms with Crippen molar-refractivity contribution in [1.82, 2.24) is 9.78 Å². The van der Waals surface area contributed by atoms with E-state index in [1.165, 1.54) is 0 Å². The van der Waals surface area contributed by atoms with E-state index in [0.29, 0.717) is 22.0 Å². The molecule has 1 aromatic carbocycles. The normalized spacial score (nSPS) is 12.5. The van der Waals surface area contributed by atoms with Gasteiger partial charge in [0.25, 0.3) is 0 Å². The Labute approximate surface area is 104 Å². The van der Waals surface area contributed by atoms with Crippen molar-refractivity contribution in [3.63, 3.8) is 0 Å². The topological polar surface area (TPSA) is 47.3 Å². The molecule has 4 nitrogen and oxygen atoms in total. The number of hydrogen-bond acceptors (Lipinski definition) is 3. The molecular weight excluding hydrogens is 240 g/mol. The minimum atomic E-state index is -0.809. The zero-order valence-electron chi connectivity index (χ0n) is 9.59. The van der Waals surface area contributed by atoms with Crippen LogP contribution < -0.4 is 4.74 Å². The van der Waals surface area contributed by atoms with Gasteiger partial charge in [-0.15, -0.1) is 0 Å².